The van der Waals surface area contributed by atoms with Crippen LogP contribution < -0.4 is 10.4 Å². The third kappa shape index (κ3) is 5.26. The Morgan fingerprint density at radius 2 is 1.29 bits per heavy atom. The Kier molecular flexibility index (Phi) is 7.26. The summed E-state index contributed by atoms with van der Waals surface area (Å²) in [4.78, 5) is 7.61. The third-order valence-corrected chi connectivity index (χ3v) is 7.92. The molecule has 5 heteroatoms. The molecule has 1 aromatic heterocycles. The number of rotatable bonds is 6. The van der Waals surface area contributed by atoms with Crippen LogP contribution in [0.5, 0.6) is 0 Å². The lowest BCUT2D eigenvalue weighted by molar-refractivity contribution is 0.0982. The molecule has 0 fully saturated rings. The summed E-state index contributed by atoms with van der Waals surface area (Å²) in [6, 6.07) is 40.5. The highest BCUT2D eigenvalue weighted by atomic mass is 16.6. The largest absolute Gasteiger partial charge is 0.494 e. The molecule has 6 rings (SSSR count). The van der Waals surface area contributed by atoms with E-state index in [1.807, 2.05) is 6.07 Å². The van der Waals surface area contributed by atoms with E-state index in [1.54, 1.807) is 7.11 Å². The fourth-order valence-corrected chi connectivity index (χ4v) is 5.87. The van der Waals surface area contributed by atoms with Crippen LogP contribution in [0.2, 0.25) is 0 Å². The van der Waals surface area contributed by atoms with E-state index in [0.29, 0.717) is 0 Å². The minimum atomic E-state index is -0.471. The molecule has 0 unspecified atom stereocenters. The molecule has 42 heavy (non-hydrogen) atoms. The minimum Gasteiger partial charge on any atom is -0.410 e. The van der Waals surface area contributed by atoms with Gasteiger partial charge in [0.05, 0.1) is 17.1 Å². The molecule has 4 aromatic carbocycles. The monoisotopic (exact) mass is 552 g/mol. The average Bonchev–Trinajstić information content (AvgIpc) is 3.00. The van der Waals surface area contributed by atoms with E-state index in [0.717, 1.165) is 45.0 Å². The fourth-order valence-electron chi connectivity index (χ4n) is 5.87. The molecule has 0 amide bonds. The number of nitrogens with zero attached hydrogens (tertiary/aromatic N) is 2. The number of benzene rings is 4. The molecule has 0 radical (unpaired) electrons. The zero-order valence-electron chi connectivity index (χ0n) is 25.3. The summed E-state index contributed by atoms with van der Waals surface area (Å²) in [5.74, 6) is 0.876. The van der Waals surface area contributed by atoms with Gasteiger partial charge in [-0.3, -0.25) is 4.90 Å². The summed E-state index contributed by atoms with van der Waals surface area (Å²) in [7, 11) is 1.23. The van der Waals surface area contributed by atoms with E-state index in [-0.39, 0.29) is 11.0 Å². The zero-order valence-corrected chi connectivity index (χ0v) is 25.3. The molecule has 4 nitrogen and oxygen atoms in total. The van der Waals surface area contributed by atoms with Crippen molar-refractivity contribution in [3.05, 3.63) is 126 Å². The predicted octanol–water partition coefficient (Wildman–Crippen LogP) is 8.68. The lowest BCUT2D eigenvalue weighted by Crippen LogP contribution is -2.43. The van der Waals surface area contributed by atoms with E-state index in [2.05, 4.69) is 149 Å². The van der Waals surface area contributed by atoms with Crippen LogP contribution in [0.4, 0.5) is 17.2 Å². The molecule has 5 aromatic rings. The molecule has 210 valence electrons. The van der Waals surface area contributed by atoms with Gasteiger partial charge < -0.3 is 9.31 Å². The smallest absolute Gasteiger partial charge is 0.410 e. The Hall–Kier alpha value is -4.19. The number of hydrogen-bond donors (Lipinski definition) is 0. The second kappa shape index (κ2) is 10.9. The maximum atomic E-state index is 6.29. The van der Waals surface area contributed by atoms with Crippen molar-refractivity contribution in [2.24, 2.45) is 0 Å². The molecule has 0 N–H and O–H groups in total. The first-order valence-corrected chi connectivity index (χ1v) is 14.5. The van der Waals surface area contributed by atoms with Crippen LogP contribution in [-0.2, 0) is 14.7 Å². The van der Waals surface area contributed by atoms with E-state index in [9.17, 15) is 0 Å². The molecule has 0 saturated heterocycles. The van der Waals surface area contributed by atoms with Gasteiger partial charge in [-0.15, -0.1) is 0 Å². The maximum Gasteiger partial charge on any atom is 0.494 e. The van der Waals surface area contributed by atoms with Crippen LogP contribution in [0.15, 0.2) is 115 Å². The van der Waals surface area contributed by atoms with Gasteiger partial charge in [-0.2, -0.15) is 0 Å². The summed E-state index contributed by atoms with van der Waals surface area (Å²) in [6.07, 6.45) is 0. The molecule has 0 atom stereocenters. The number of hydrogen-bond acceptors (Lipinski definition) is 4. The minimum absolute atomic E-state index is 0.252. The Labute approximate surface area is 250 Å². The molecule has 1 aliphatic heterocycles. The van der Waals surface area contributed by atoms with E-state index in [4.69, 9.17) is 14.3 Å². The van der Waals surface area contributed by atoms with Gasteiger partial charge in [0.25, 0.3) is 0 Å². The molecule has 0 aliphatic carbocycles. The lowest BCUT2D eigenvalue weighted by Gasteiger charge is -2.42. The van der Waals surface area contributed by atoms with Gasteiger partial charge in [0.2, 0.25) is 0 Å². The maximum absolute atomic E-state index is 6.29. The van der Waals surface area contributed by atoms with Crippen molar-refractivity contribution >= 4 is 29.8 Å². The second-order valence-electron chi connectivity index (χ2n) is 12.4. The molecule has 2 heterocycles. The predicted molar refractivity (Wildman–Crippen MR) is 175 cm³/mol. The van der Waals surface area contributed by atoms with Crippen molar-refractivity contribution < 1.29 is 9.31 Å². The van der Waals surface area contributed by atoms with Crippen LogP contribution in [0.1, 0.15) is 45.7 Å². The van der Waals surface area contributed by atoms with E-state index >= 15 is 0 Å². The van der Waals surface area contributed by atoms with Crippen molar-refractivity contribution in [3.63, 3.8) is 0 Å². The fraction of sp³-hybridized carbons (Fsp3) is 0.216. The van der Waals surface area contributed by atoms with Crippen molar-refractivity contribution in [1.29, 1.82) is 0 Å². The van der Waals surface area contributed by atoms with Gasteiger partial charge in [0.1, 0.15) is 5.82 Å². The van der Waals surface area contributed by atoms with Gasteiger partial charge in [0.15, 0.2) is 0 Å². The lowest BCUT2D eigenvalue weighted by atomic mass is 9.69. The Balaban J connectivity index is 1.58. The molecular formula is C37H37BN2O2. The van der Waals surface area contributed by atoms with Crippen molar-refractivity contribution in [1.82, 2.24) is 4.98 Å². The average molecular weight is 553 g/mol. The first kappa shape index (κ1) is 28.0. The molecule has 0 saturated carbocycles. The topological polar surface area (TPSA) is 34.6 Å². The Bertz CT molecular complexity index is 1650. The van der Waals surface area contributed by atoms with E-state index < -0.39 is 7.12 Å². The normalized spacial score (nSPS) is 13.8. The summed E-state index contributed by atoms with van der Waals surface area (Å²) in [5, 5.41) is 0. The summed E-state index contributed by atoms with van der Waals surface area (Å²) < 4.78 is 12.1. The van der Waals surface area contributed by atoms with Gasteiger partial charge in [-0.25, -0.2) is 4.98 Å². The van der Waals surface area contributed by atoms with Gasteiger partial charge in [-0.05, 0) is 72.8 Å². The van der Waals surface area contributed by atoms with Crippen LogP contribution in [0.25, 0.3) is 22.4 Å². The summed E-state index contributed by atoms with van der Waals surface area (Å²) >= 11 is 0. The van der Waals surface area contributed by atoms with Crippen molar-refractivity contribution in [3.8, 4) is 22.4 Å². The van der Waals surface area contributed by atoms with Crippen LogP contribution in [0.3, 0.4) is 0 Å². The second-order valence-corrected chi connectivity index (χ2v) is 12.4. The zero-order chi connectivity index (χ0) is 29.5. The highest BCUT2D eigenvalue weighted by molar-refractivity contribution is 6.61. The van der Waals surface area contributed by atoms with Gasteiger partial charge >= 0.3 is 7.12 Å². The molecule has 1 aliphatic rings. The first-order chi connectivity index (χ1) is 20.2. The standard InChI is InChI=1S/C37H37BN2O2/c1-36(2,3)42-38(41-6)29-21-22-34-31(25-29)37(4,5)30-19-13-14-20-33(30)40(34)35-24-28(26-15-9-7-10-16-26)23-32(39-35)27-17-11-8-12-18-27/h7-25H,1-6H3. The highest BCUT2D eigenvalue weighted by Crippen LogP contribution is 2.51. The SMILES string of the molecule is COB(OC(C)(C)C)c1ccc2c(c1)C(C)(C)c1ccccc1N2c1cc(-c2ccccc2)cc(-c2ccccc2)n1. The summed E-state index contributed by atoms with van der Waals surface area (Å²) in [5.41, 5.74) is 9.37. The molecule has 0 bridgehead atoms. The highest BCUT2D eigenvalue weighted by Gasteiger charge is 2.39. The third-order valence-electron chi connectivity index (χ3n) is 7.92. The number of anilines is 3. The van der Waals surface area contributed by atoms with Gasteiger partial charge in [0, 0.05) is 23.7 Å². The molecule has 0 spiro atoms. The van der Waals surface area contributed by atoms with Gasteiger partial charge in [-0.1, -0.05) is 105 Å². The van der Waals surface area contributed by atoms with E-state index in [1.165, 1.54) is 11.1 Å². The first-order valence-electron chi connectivity index (χ1n) is 14.5. The number of pyridine rings is 1. The summed E-state index contributed by atoms with van der Waals surface area (Å²) in [6.45, 7) is 10.7. The quantitative estimate of drug-likeness (QED) is 0.198. The van der Waals surface area contributed by atoms with Crippen molar-refractivity contribution in [2.75, 3.05) is 12.0 Å². The van der Waals surface area contributed by atoms with Crippen LogP contribution in [-0.4, -0.2) is 24.8 Å². The Morgan fingerprint density at radius 3 is 1.95 bits per heavy atom. The molecular weight excluding hydrogens is 515 g/mol. The van der Waals surface area contributed by atoms with Crippen LogP contribution >= 0.6 is 0 Å². The van der Waals surface area contributed by atoms with Crippen LogP contribution in [0, 0.1) is 0 Å². The number of para-hydroxylation sites is 1. The Morgan fingerprint density at radius 1 is 0.667 bits per heavy atom. The van der Waals surface area contributed by atoms with Crippen molar-refractivity contribution in [2.45, 2.75) is 45.6 Å². The number of aromatic nitrogens is 1. The number of fused-ring (bicyclic) bond motifs is 2.